The first-order chi connectivity index (χ1) is 17.7. The summed E-state index contributed by atoms with van der Waals surface area (Å²) in [5.74, 6) is 1.62. The van der Waals surface area contributed by atoms with Gasteiger partial charge in [0.1, 0.15) is 5.82 Å². The zero-order valence-corrected chi connectivity index (χ0v) is 21.4. The molecule has 1 aliphatic heterocycles. The average molecular weight is 546 g/mol. The molecule has 8 nitrogen and oxygen atoms in total. The molecule has 3 aromatic heterocycles. The van der Waals surface area contributed by atoms with Crippen LogP contribution in [0.15, 0.2) is 71.6 Å². The zero-order valence-electron chi connectivity index (χ0n) is 19.8. The summed E-state index contributed by atoms with van der Waals surface area (Å²) >= 11 is 3.59. The van der Waals surface area contributed by atoms with Crippen LogP contribution in [0.5, 0.6) is 0 Å². The van der Waals surface area contributed by atoms with Crippen molar-refractivity contribution in [3.63, 3.8) is 0 Å². The quantitative estimate of drug-likeness (QED) is 0.358. The lowest BCUT2D eigenvalue weighted by Crippen LogP contribution is -2.45. The summed E-state index contributed by atoms with van der Waals surface area (Å²) in [7, 11) is 0. The maximum absolute atomic E-state index is 12.9. The molecule has 2 fully saturated rings. The van der Waals surface area contributed by atoms with Crippen LogP contribution in [-0.4, -0.2) is 49.6 Å². The van der Waals surface area contributed by atoms with Crippen molar-refractivity contribution in [2.75, 3.05) is 18.4 Å². The Morgan fingerprint density at radius 1 is 1.08 bits per heavy atom. The highest BCUT2D eigenvalue weighted by atomic mass is 79.9. The first kappa shape index (κ1) is 23.0. The highest BCUT2D eigenvalue weighted by molar-refractivity contribution is 9.10. The predicted molar refractivity (Wildman–Crippen MR) is 142 cm³/mol. The molecule has 1 saturated heterocycles. The van der Waals surface area contributed by atoms with Crippen LogP contribution < -0.4 is 10.6 Å². The Bertz CT molecular complexity index is 1350. The van der Waals surface area contributed by atoms with Gasteiger partial charge >= 0.3 is 6.03 Å². The van der Waals surface area contributed by atoms with E-state index in [1.54, 1.807) is 12.4 Å². The van der Waals surface area contributed by atoms with E-state index < -0.39 is 0 Å². The lowest BCUT2D eigenvalue weighted by atomic mass is 9.93. The zero-order chi connectivity index (χ0) is 24.5. The maximum atomic E-state index is 12.9. The fraction of sp³-hybridized carbons (Fsp3) is 0.333. The molecule has 1 aliphatic carbocycles. The van der Waals surface area contributed by atoms with Gasteiger partial charge in [-0.1, -0.05) is 36.4 Å². The van der Waals surface area contributed by atoms with Gasteiger partial charge in [0, 0.05) is 61.7 Å². The minimum Gasteiger partial charge on any atom is -0.366 e. The molecular formula is C27H28BrN7O. The number of nitrogens with one attached hydrogen (secondary N) is 2. The van der Waals surface area contributed by atoms with Gasteiger partial charge < -0.3 is 15.5 Å². The molecule has 1 saturated carbocycles. The number of aromatic nitrogens is 4. The number of pyridine rings is 1. The van der Waals surface area contributed by atoms with Crippen LogP contribution in [-0.2, 0) is 6.54 Å². The van der Waals surface area contributed by atoms with E-state index in [1.807, 2.05) is 33.8 Å². The SMILES string of the molecule is O=C(N[C@@H]1C[C@H]1c1ccccc1)N1CCC(c2cc(NCc3cccnc3)n3ncc(Br)c3n2)CC1. The van der Waals surface area contributed by atoms with Gasteiger partial charge in [-0.25, -0.2) is 9.78 Å². The van der Waals surface area contributed by atoms with Gasteiger partial charge in [-0.3, -0.25) is 4.98 Å². The molecule has 6 rings (SSSR count). The molecule has 2 aliphatic rings. The van der Waals surface area contributed by atoms with Crippen molar-refractivity contribution in [3.8, 4) is 0 Å². The van der Waals surface area contributed by atoms with E-state index in [9.17, 15) is 4.79 Å². The van der Waals surface area contributed by atoms with E-state index in [4.69, 9.17) is 4.98 Å². The number of carbonyl (C=O) groups excluding carboxylic acids is 1. The van der Waals surface area contributed by atoms with Crippen molar-refractivity contribution in [3.05, 3.63) is 88.4 Å². The number of piperidine rings is 1. The number of benzene rings is 1. The van der Waals surface area contributed by atoms with Gasteiger partial charge in [-0.05, 0) is 52.4 Å². The Balaban J connectivity index is 1.10. The summed E-state index contributed by atoms with van der Waals surface area (Å²) < 4.78 is 2.69. The van der Waals surface area contributed by atoms with E-state index in [1.165, 1.54) is 5.56 Å². The lowest BCUT2D eigenvalue weighted by Gasteiger charge is -2.32. The Hall–Kier alpha value is -3.46. The van der Waals surface area contributed by atoms with Crippen LogP contribution in [0, 0.1) is 0 Å². The molecule has 2 N–H and O–H groups in total. The normalized spacial score (nSPS) is 19.9. The van der Waals surface area contributed by atoms with Crippen LogP contribution in [0.4, 0.5) is 10.6 Å². The van der Waals surface area contributed by atoms with Crippen molar-refractivity contribution < 1.29 is 4.79 Å². The summed E-state index contributed by atoms with van der Waals surface area (Å²) in [4.78, 5) is 24.0. The van der Waals surface area contributed by atoms with Crippen LogP contribution in [0.3, 0.4) is 0 Å². The molecule has 0 spiro atoms. The maximum Gasteiger partial charge on any atom is 0.317 e. The van der Waals surface area contributed by atoms with Crippen LogP contribution in [0.2, 0.25) is 0 Å². The van der Waals surface area contributed by atoms with Crippen LogP contribution >= 0.6 is 15.9 Å². The van der Waals surface area contributed by atoms with Gasteiger partial charge in [0.05, 0.1) is 10.7 Å². The van der Waals surface area contributed by atoms with Crippen molar-refractivity contribution in [1.82, 2.24) is 29.8 Å². The second kappa shape index (κ2) is 9.89. The van der Waals surface area contributed by atoms with Crippen molar-refractivity contribution in [1.29, 1.82) is 0 Å². The molecule has 1 aromatic carbocycles. The minimum atomic E-state index is 0.0534. The molecule has 2 atom stereocenters. The Kier molecular flexibility index (Phi) is 6.31. The van der Waals surface area contributed by atoms with E-state index in [-0.39, 0.29) is 18.0 Å². The molecule has 0 unspecified atom stereocenters. The summed E-state index contributed by atoms with van der Waals surface area (Å²) in [6, 6.07) is 16.8. The highest BCUT2D eigenvalue weighted by Crippen LogP contribution is 2.41. The molecule has 4 heterocycles. The Morgan fingerprint density at radius 2 is 1.92 bits per heavy atom. The van der Waals surface area contributed by atoms with E-state index >= 15 is 0 Å². The number of anilines is 1. The smallest absolute Gasteiger partial charge is 0.317 e. The summed E-state index contributed by atoms with van der Waals surface area (Å²) in [6.45, 7) is 2.10. The van der Waals surface area contributed by atoms with Crippen molar-refractivity contribution >= 4 is 33.4 Å². The highest BCUT2D eigenvalue weighted by Gasteiger charge is 2.40. The van der Waals surface area contributed by atoms with E-state index in [0.717, 1.165) is 59.5 Å². The monoisotopic (exact) mass is 545 g/mol. The van der Waals surface area contributed by atoms with Gasteiger partial charge in [0.2, 0.25) is 0 Å². The molecule has 0 radical (unpaired) electrons. The molecular weight excluding hydrogens is 518 g/mol. The van der Waals surface area contributed by atoms with Gasteiger partial charge in [-0.2, -0.15) is 9.61 Å². The second-order valence-electron chi connectivity index (χ2n) is 9.58. The number of rotatable bonds is 6. The second-order valence-corrected chi connectivity index (χ2v) is 10.4. The third-order valence-corrected chi connectivity index (χ3v) is 7.73. The van der Waals surface area contributed by atoms with Crippen molar-refractivity contribution in [2.24, 2.45) is 0 Å². The third kappa shape index (κ3) is 4.80. The Labute approximate surface area is 218 Å². The summed E-state index contributed by atoms with van der Waals surface area (Å²) in [6.07, 6.45) is 8.19. The molecule has 0 bridgehead atoms. The van der Waals surface area contributed by atoms with Gasteiger partial charge in [-0.15, -0.1) is 0 Å². The van der Waals surface area contributed by atoms with E-state index in [2.05, 4.69) is 67.0 Å². The van der Waals surface area contributed by atoms with Crippen LogP contribution in [0.25, 0.3) is 5.65 Å². The van der Waals surface area contributed by atoms with Gasteiger partial charge in [0.25, 0.3) is 0 Å². The lowest BCUT2D eigenvalue weighted by molar-refractivity contribution is 0.180. The number of nitrogens with zero attached hydrogens (tertiary/aromatic N) is 5. The topological polar surface area (TPSA) is 87.5 Å². The molecule has 9 heteroatoms. The molecule has 184 valence electrons. The standard InChI is InChI=1S/C27H28BrN7O/c28-22-17-31-35-25(30-16-18-5-4-10-29-15-18)14-23(32-26(22)35)20-8-11-34(12-9-20)27(36)33-24-13-21(24)19-6-2-1-3-7-19/h1-7,10,14-15,17,20-21,24,30H,8-9,11-13,16H2,(H,33,36)/t21-,24+/m0/s1. The number of urea groups is 1. The first-order valence-electron chi connectivity index (χ1n) is 12.4. The fourth-order valence-corrected chi connectivity index (χ4v) is 5.38. The van der Waals surface area contributed by atoms with Gasteiger partial charge in [0.15, 0.2) is 5.65 Å². The summed E-state index contributed by atoms with van der Waals surface area (Å²) in [5, 5.41) is 11.2. The number of fused-ring (bicyclic) bond motifs is 1. The number of hydrogen-bond acceptors (Lipinski definition) is 5. The molecule has 4 aromatic rings. The number of carbonyl (C=O) groups is 1. The molecule has 2 amide bonds. The number of hydrogen-bond donors (Lipinski definition) is 2. The Morgan fingerprint density at radius 3 is 2.69 bits per heavy atom. The van der Waals surface area contributed by atoms with E-state index in [0.29, 0.717) is 12.5 Å². The number of halogens is 1. The summed E-state index contributed by atoms with van der Waals surface area (Å²) in [5.41, 5.74) is 4.23. The fourth-order valence-electron chi connectivity index (χ4n) is 5.04. The largest absolute Gasteiger partial charge is 0.366 e. The third-order valence-electron chi connectivity index (χ3n) is 7.17. The van der Waals surface area contributed by atoms with Crippen molar-refractivity contribution in [2.45, 2.75) is 43.7 Å². The van der Waals surface area contributed by atoms with Crippen LogP contribution in [0.1, 0.15) is 47.9 Å². The average Bonchev–Trinajstić information content (AvgIpc) is 3.60. The minimum absolute atomic E-state index is 0.0534. The first-order valence-corrected chi connectivity index (χ1v) is 13.2. The number of likely N-dealkylation sites (tertiary alicyclic amines) is 1. The predicted octanol–water partition coefficient (Wildman–Crippen LogP) is 4.94. The molecule has 36 heavy (non-hydrogen) atoms. The number of amides is 2.